The van der Waals surface area contributed by atoms with Gasteiger partial charge in [0.15, 0.2) is 11.4 Å². The molecular weight excluding hydrogens is 193 g/mol. The Morgan fingerprint density at radius 3 is 2.93 bits per heavy atom. The first-order chi connectivity index (χ1) is 7.22. The van der Waals surface area contributed by atoms with Gasteiger partial charge in [-0.3, -0.25) is 0 Å². The van der Waals surface area contributed by atoms with Gasteiger partial charge in [0.05, 0.1) is 6.26 Å². The van der Waals surface area contributed by atoms with Crippen LogP contribution in [0.5, 0.6) is 0 Å². The molecule has 80 valence electrons. The van der Waals surface area contributed by atoms with Gasteiger partial charge in [0.2, 0.25) is 0 Å². The zero-order chi connectivity index (χ0) is 10.8. The Morgan fingerprint density at radius 2 is 2.20 bits per heavy atom. The first-order valence-electron chi connectivity index (χ1n) is 5.04. The van der Waals surface area contributed by atoms with Gasteiger partial charge in [0, 0.05) is 11.4 Å². The fourth-order valence-corrected chi connectivity index (χ4v) is 1.63. The highest BCUT2D eigenvalue weighted by molar-refractivity contribution is 5.78. The van der Waals surface area contributed by atoms with E-state index in [1.165, 1.54) is 6.26 Å². The lowest BCUT2D eigenvalue weighted by molar-refractivity contribution is 0.537. The van der Waals surface area contributed by atoms with Gasteiger partial charge >= 0.3 is 0 Å². The molecule has 0 aliphatic carbocycles. The number of likely N-dealkylation sites (N-methyl/N-ethyl adjacent to an activating group) is 1. The Labute approximate surface area is 88.1 Å². The molecule has 0 bridgehead atoms. The zero-order valence-electron chi connectivity index (χ0n) is 8.88. The molecule has 0 fully saturated rings. The van der Waals surface area contributed by atoms with E-state index in [0.717, 1.165) is 5.39 Å². The van der Waals surface area contributed by atoms with E-state index in [4.69, 9.17) is 4.42 Å². The van der Waals surface area contributed by atoms with Crippen molar-refractivity contribution in [3.05, 3.63) is 35.8 Å². The first-order valence-corrected chi connectivity index (χ1v) is 5.04. The van der Waals surface area contributed by atoms with Crippen molar-refractivity contribution in [1.29, 1.82) is 0 Å². The summed E-state index contributed by atoms with van der Waals surface area (Å²) in [5.74, 6) is -0.236. The van der Waals surface area contributed by atoms with Crippen LogP contribution in [0.25, 0.3) is 11.0 Å². The summed E-state index contributed by atoms with van der Waals surface area (Å²) >= 11 is 0. The summed E-state index contributed by atoms with van der Waals surface area (Å²) in [4.78, 5) is 0. The predicted octanol–water partition coefficient (Wildman–Crippen LogP) is 2.72. The molecule has 1 atom stereocenters. The number of nitrogens with one attached hydrogen (secondary N) is 1. The largest absolute Gasteiger partial charge is 0.461 e. The topological polar surface area (TPSA) is 25.2 Å². The van der Waals surface area contributed by atoms with E-state index < -0.39 is 0 Å². The number of fused-ring (bicyclic) bond motifs is 1. The summed E-state index contributed by atoms with van der Waals surface area (Å²) in [6.07, 6.45) is 2.18. The molecule has 1 heterocycles. The Balaban J connectivity index is 2.39. The SMILES string of the molecule is CN[C@H](C)Cc1ccc2ccoc2c1F. The smallest absolute Gasteiger partial charge is 0.169 e. The molecule has 2 nitrogen and oxygen atoms in total. The Bertz CT molecular complexity index is 464. The van der Waals surface area contributed by atoms with E-state index in [1.54, 1.807) is 6.07 Å². The Kier molecular flexibility index (Phi) is 2.73. The molecule has 1 aromatic heterocycles. The highest BCUT2D eigenvalue weighted by Crippen LogP contribution is 2.22. The average molecular weight is 207 g/mol. The molecule has 0 aliphatic heterocycles. The van der Waals surface area contributed by atoms with Crippen LogP contribution in [0.4, 0.5) is 4.39 Å². The molecule has 15 heavy (non-hydrogen) atoms. The van der Waals surface area contributed by atoms with Crippen LogP contribution in [0.1, 0.15) is 12.5 Å². The van der Waals surface area contributed by atoms with Gasteiger partial charge in [0.1, 0.15) is 0 Å². The summed E-state index contributed by atoms with van der Waals surface area (Å²) in [7, 11) is 1.87. The number of benzene rings is 1. The van der Waals surface area contributed by atoms with E-state index in [0.29, 0.717) is 17.6 Å². The van der Waals surface area contributed by atoms with E-state index in [2.05, 4.69) is 5.32 Å². The van der Waals surface area contributed by atoms with Gasteiger partial charge in [-0.15, -0.1) is 0 Å². The highest BCUT2D eigenvalue weighted by atomic mass is 19.1. The van der Waals surface area contributed by atoms with Crippen molar-refractivity contribution in [2.24, 2.45) is 0 Å². The second-order valence-corrected chi connectivity index (χ2v) is 3.77. The van der Waals surface area contributed by atoms with Crippen molar-refractivity contribution in [3.63, 3.8) is 0 Å². The van der Waals surface area contributed by atoms with Gasteiger partial charge in [-0.2, -0.15) is 0 Å². The molecule has 0 saturated carbocycles. The van der Waals surface area contributed by atoms with Crippen molar-refractivity contribution < 1.29 is 8.81 Å². The standard InChI is InChI=1S/C12H14FNO/c1-8(14-2)7-10-4-3-9-5-6-15-12(9)11(10)13/h3-6,8,14H,7H2,1-2H3/t8-/m1/s1. The molecule has 0 spiro atoms. The minimum atomic E-state index is -0.236. The Hall–Kier alpha value is -1.35. The molecule has 2 aromatic rings. The van der Waals surface area contributed by atoms with Crippen LogP contribution in [-0.4, -0.2) is 13.1 Å². The molecule has 3 heteroatoms. The lowest BCUT2D eigenvalue weighted by Gasteiger charge is -2.10. The molecule has 2 rings (SSSR count). The summed E-state index contributed by atoms with van der Waals surface area (Å²) < 4.78 is 19.0. The van der Waals surface area contributed by atoms with Crippen molar-refractivity contribution in [3.8, 4) is 0 Å². The van der Waals surface area contributed by atoms with Gasteiger partial charge in [-0.05, 0) is 32.0 Å². The molecule has 0 radical (unpaired) electrons. The third kappa shape index (κ3) is 1.88. The van der Waals surface area contributed by atoms with Crippen LogP contribution in [-0.2, 0) is 6.42 Å². The Morgan fingerprint density at radius 1 is 1.40 bits per heavy atom. The minimum absolute atomic E-state index is 0.236. The molecule has 0 saturated heterocycles. The zero-order valence-corrected chi connectivity index (χ0v) is 8.88. The molecule has 0 amide bonds. The maximum absolute atomic E-state index is 13.9. The maximum Gasteiger partial charge on any atom is 0.169 e. The lowest BCUT2D eigenvalue weighted by atomic mass is 10.1. The fourth-order valence-electron chi connectivity index (χ4n) is 1.63. The summed E-state index contributed by atoms with van der Waals surface area (Å²) in [5.41, 5.74) is 1.05. The molecule has 0 aliphatic rings. The van der Waals surface area contributed by atoms with Gasteiger partial charge in [-0.1, -0.05) is 12.1 Å². The third-order valence-corrected chi connectivity index (χ3v) is 2.66. The second-order valence-electron chi connectivity index (χ2n) is 3.77. The molecular formula is C12H14FNO. The lowest BCUT2D eigenvalue weighted by Crippen LogP contribution is -2.23. The van der Waals surface area contributed by atoms with Crippen LogP contribution < -0.4 is 5.32 Å². The van der Waals surface area contributed by atoms with Gasteiger partial charge < -0.3 is 9.73 Å². The van der Waals surface area contributed by atoms with Crippen LogP contribution >= 0.6 is 0 Å². The number of hydrogen-bond donors (Lipinski definition) is 1. The highest BCUT2D eigenvalue weighted by Gasteiger charge is 2.11. The maximum atomic E-state index is 13.9. The first kappa shape index (κ1) is 10.2. The number of rotatable bonds is 3. The number of halogens is 1. The van der Waals surface area contributed by atoms with Crippen LogP contribution in [0, 0.1) is 5.82 Å². The van der Waals surface area contributed by atoms with Crippen molar-refractivity contribution in [2.75, 3.05) is 7.05 Å². The van der Waals surface area contributed by atoms with E-state index in [1.807, 2.05) is 26.1 Å². The molecule has 0 unspecified atom stereocenters. The average Bonchev–Trinajstić information content (AvgIpc) is 2.70. The van der Waals surface area contributed by atoms with Crippen molar-refractivity contribution in [2.45, 2.75) is 19.4 Å². The van der Waals surface area contributed by atoms with E-state index in [9.17, 15) is 4.39 Å². The number of hydrogen-bond acceptors (Lipinski definition) is 2. The van der Waals surface area contributed by atoms with E-state index >= 15 is 0 Å². The molecule has 1 aromatic carbocycles. The third-order valence-electron chi connectivity index (χ3n) is 2.66. The van der Waals surface area contributed by atoms with Crippen LogP contribution in [0.3, 0.4) is 0 Å². The normalized spacial score (nSPS) is 13.3. The summed E-state index contributed by atoms with van der Waals surface area (Å²) in [6, 6.07) is 5.73. The second kappa shape index (κ2) is 4.03. The van der Waals surface area contributed by atoms with Crippen LogP contribution in [0.2, 0.25) is 0 Å². The summed E-state index contributed by atoms with van der Waals surface area (Å²) in [6.45, 7) is 2.02. The van der Waals surface area contributed by atoms with Crippen molar-refractivity contribution >= 4 is 11.0 Å². The summed E-state index contributed by atoms with van der Waals surface area (Å²) in [5, 5.41) is 3.90. The van der Waals surface area contributed by atoms with Crippen molar-refractivity contribution in [1.82, 2.24) is 5.32 Å². The van der Waals surface area contributed by atoms with Crippen LogP contribution in [0.15, 0.2) is 28.9 Å². The van der Waals surface area contributed by atoms with Gasteiger partial charge in [-0.25, -0.2) is 4.39 Å². The minimum Gasteiger partial charge on any atom is -0.461 e. The molecule has 1 N–H and O–H groups in total. The monoisotopic (exact) mass is 207 g/mol. The quantitative estimate of drug-likeness (QED) is 0.837. The van der Waals surface area contributed by atoms with E-state index in [-0.39, 0.29) is 11.9 Å². The fraction of sp³-hybridized carbons (Fsp3) is 0.333. The van der Waals surface area contributed by atoms with Gasteiger partial charge in [0.25, 0.3) is 0 Å². The predicted molar refractivity (Wildman–Crippen MR) is 58.4 cm³/mol. The number of furan rings is 1.